The van der Waals surface area contributed by atoms with Crippen molar-refractivity contribution in [1.29, 1.82) is 0 Å². The topological polar surface area (TPSA) is 79.1 Å². The van der Waals surface area contributed by atoms with Crippen molar-refractivity contribution in [3.8, 4) is 11.3 Å². The number of rotatable bonds is 5. The Balaban J connectivity index is 1.56. The lowest BCUT2D eigenvalue weighted by Gasteiger charge is -2.13. The third-order valence-electron chi connectivity index (χ3n) is 5.44. The van der Waals surface area contributed by atoms with Crippen molar-refractivity contribution < 1.29 is 14.3 Å². The molecule has 0 aliphatic heterocycles. The molecule has 0 amide bonds. The number of para-hydroxylation sites is 1. The van der Waals surface area contributed by atoms with E-state index in [0.29, 0.717) is 18.1 Å². The molecule has 2 aromatic heterocycles. The van der Waals surface area contributed by atoms with Gasteiger partial charge in [-0.15, -0.1) is 0 Å². The first-order valence-electron chi connectivity index (χ1n) is 9.01. The number of aromatic nitrogens is 2. The maximum absolute atomic E-state index is 11.8. The van der Waals surface area contributed by atoms with Gasteiger partial charge in [0.25, 0.3) is 0 Å². The van der Waals surface area contributed by atoms with Gasteiger partial charge in [-0.1, -0.05) is 48.5 Å². The van der Waals surface area contributed by atoms with Crippen molar-refractivity contribution >= 4 is 16.9 Å². The first-order chi connectivity index (χ1) is 13.2. The second-order valence-corrected chi connectivity index (χ2v) is 7.16. The number of aromatic amines is 1. The first-order valence-corrected chi connectivity index (χ1v) is 9.01. The van der Waals surface area contributed by atoms with Crippen LogP contribution in [0.2, 0.25) is 0 Å². The highest BCUT2D eigenvalue weighted by Gasteiger charge is 2.45. The van der Waals surface area contributed by atoms with Crippen LogP contribution in [0.4, 0.5) is 0 Å². The Morgan fingerprint density at radius 1 is 1.11 bits per heavy atom. The summed E-state index contributed by atoms with van der Waals surface area (Å²) in [4.78, 5) is 19.3. The van der Waals surface area contributed by atoms with Crippen LogP contribution in [-0.2, 0) is 11.8 Å². The van der Waals surface area contributed by atoms with Crippen molar-refractivity contribution in [2.24, 2.45) is 0 Å². The number of carbonyl (C=O) groups is 1. The predicted octanol–water partition coefficient (Wildman–Crippen LogP) is 4.80. The Kier molecular flexibility index (Phi) is 3.44. The number of oxazole rings is 1. The Hall–Kier alpha value is -3.34. The van der Waals surface area contributed by atoms with E-state index in [-0.39, 0.29) is 11.1 Å². The molecule has 2 N–H and O–H groups in total. The fourth-order valence-electron chi connectivity index (χ4n) is 3.83. The van der Waals surface area contributed by atoms with Crippen molar-refractivity contribution in [3.63, 3.8) is 0 Å². The summed E-state index contributed by atoms with van der Waals surface area (Å²) in [5, 5.41) is 10.6. The highest BCUT2D eigenvalue weighted by Crippen LogP contribution is 2.50. The van der Waals surface area contributed by atoms with Gasteiger partial charge in [-0.05, 0) is 24.5 Å². The van der Waals surface area contributed by atoms with Gasteiger partial charge in [0.15, 0.2) is 17.3 Å². The Bertz CT molecular complexity index is 1140. The summed E-state index contributed by atoms with van der Waals surface area (Å²) < 4.78 is 6.01. The second-order valence-electron chi connectivity index (χ2n) is 7.16. The molecule has 2 aromatic carbocycles. The molecule has 0 spiro atoms. The molecule has 0 radical (unpaired) electrons. The molecule has 134 valence electrons. The summed E-state index contributed by atoms with van der Waals surface area (Å²) in [6, 6.07) is 18.1. The quantitative estimate of drug-likeness (QED) is 0.537. The standard InChI is InChI=1S/C22H18N2O3/c25-21(26)19-20(16-13-23-17-9-5-4-8-15(16)17)27-18(24-19)12-22(10-11-22)14-6-2-1-3-7-14/h1-9,13,23H,10-12H2,(H,25,26). The largest absolute Gasteiger partial charge is 0.476 e. The van der Waals surface area contributed by atoms with Crippen LogP contribution in [0.15, 0.2) is 65.2 Å². The van der Waals surface area contributed by atoms with Crippen LogP contribution in [0.25, 0.3) is 22.2 Å². The van der Waals surface area contributed by atoms with Crippen LogP contribution in [0.3, 0.4) is 0 Å². The van der Waals surface area contributed by atoms with E-state index in [1.54, 1.807) is 6.20 Å². The van der Waals surface area contributed by atoms with E-state index < -0.39 is 5.97 Å². The van der Waals surface area contributed by atoms with Gasteiger partial charge >= 0.3 is 5.97 Å². The van der Waals surface area contributed by atoms with Crippen LogP contribution < -0.4 is 0 Å². The van der Waals surface area contributed by atoms with Gasteiger partial charge in [-0.3, -0.25) is 0 Å². The number of nitrogens with one attached hydrogen (secondary N) is 1. The van der Waals surface area contributed by atoms with Crippen molar-refractivity contribution in [2.45, 2.75) is 24.7 Å². The zero-order valence-electron chi connectivity index (χ0n) is 14.6. The lowest BCUT2D eigenvalue weighted by Crippen LogP contribution is -2.11. The van der Waals surface area contributed by atoms with Gasteiger partial charge in [0.2, 0.25) is 0 Å². The van der Waals surface area contributed by atoms with Gasteiger partial charge in [-0.25, -0.2) is 9.78 Å². The first kappa shape index (κ1) is 15.9. The Morgan fingerprint density at radius 3 is 2.59 bits per heavy atom. The molecular weight excluding hydrogens is 340 g/mol. The normalized spacial score (nSPS) is 15.1. The average Bonchev–Trinajstić information content (AvgIpc) is 3.15. The van der Waals surface area contributed by atoms with Crippen LogP contribution in [-0.4, -0.2) is 21.0 Å². The Labute approximate surface area is 155 Å². The lowest BCUT2D eigenvalue weighted by atomic mass is 9.92. The molecule has 0 atom stereocenters. The van der Waals surface area contributed by atoms with E-state index in [1.165, 1.54) is 5.56 Å². The van der Waals surface area contributed by atoms with E-state index >= 15 is 0 Å². The van der Waals surface area contributed by atoms with Gasteiger partial charge in [-0.2, -0.15) is 0 Å². The summed E-state index contributed by atoms with van der Waals surface area (Å²) >= 11 is 0. The SMILES string of the molecule is O=C(O)c1nc(CC2(c3ccccc3)CC2)oc1-c1c[nH]c2ccccc12. The summed E-state index contributed by atoms with van der Waals surface area (Å²) in [5.74, 6) is -0.275. The van der Waals surface area contributed by atoms with Gasteiger partial charge in [0.1, 0.15) is 0 Å². The predicted molar refractivity (Wildman–Crippen MR) is 102 cm³/mol. The molecule has 2 heterocycles. The monoisotopic (exact) mass is 358 g/mol. The average molecular weight is 358 g/mol. The zero-order valence-corrected chi connectivity index (χ0v) is 14.6. The molecule has 0 unspecified atom stereocenters. The highest BCUT2D eigenvalue weighted by atomic mass is 16.4. The molecule has 5 rings (SSSR count). The number of hydrogen-bond donors (Lipinski definition) is 2. The third-order valence-corrected chi connectivity index (χ3v) is 5.44. The summed E-state index contributed by atoms with van der Waals surface area (Å²) in [6.07, 6.45) is 4.51. The molecule has 1 saturated carbocycles. The summed E-state index contributed by atoms with van der Waals surface area (Å²) in [6.45, 7) is 0. The number of carboxylic acid groups (broad SMARTS) is 1. The molecule has 1 aliphatic carbocycles. The van der Waals surface area contributed by atoms with Crippen LogP contribution in [0, 0.1) is 0 Å². The second kappa shape index (κ2) is 5.84. The number of benzene rings is 2. The Morgan fingerprint density at radius 2 is 1.85 bits per heavy atom. The molecule has 1 aliphatic rings. The van der Waals surface area contributed by atoms with Gasteiger partial charge < -0.3 is 14.5 Å². The minimum atomic E-state index is -1.07. The minimum Gasteiger partial charge on any atom is -0.476 e. The zero-order chi connectivity index (χ0) is 18.4. The number of hydrogen-bond acceptors (Lipinski definition) is 3. The van der Waals surface area contributed by atoms with Crippen molar-refractivity contribution in [1.82, 2.24) is 9.97 Å². The highest BCUT2D eigenvalue weighted by molar-refractivity contribution is 6.00. The third kappa shape index (κ3) is 2.63. The maximum Gasteiger partial charge on any atom is 0.358 e. The fraction of sp³-hybridized carbons (Fsp3) is 0.182. The van der Waals surface area contributed by atoms with E-state index in [1.807, 2.05) is 42.5 Å². The summed E-state index contributed by atoms with van der Waals surface area (Å²) in [7, 11) is 0. The van der Waals surface area contributed by atoms with Crippen LogP contribution in [0.5, 0.6) is 0 Å². The smallest absolute Gasteiger partial charge is 0.358 e. The summed E-state index contributed by atoms with van der Waals surface area (Å²) in [5.41, 5.74) is 2.91. The number of aromatic carboxylic acids is 1. The molecule has 5 nitrogen and oxygen atoms in total. The number of fused-ring (bicyclic) bond motifs is 1. The van der Waals surface area contributed by atoms with Crippen molar-refractivity contribution in [3.05, 3.63) is 77.9 Å². The number of H-pyrrole nitrogens is 1. The maximum atomic E-state index is 11.8. The van der Waals surface area contributed by atoms with E-state index in [0.717, 1.165) is 29.3 Å². The van der Waals surface area contributed by atoms with E-state index in [4.69, 9.17) is 4.42 Å². The molecule has 4 aromatic rings. The fourth-order valence-corrected chi connectivity index (χ4v) is 3.83. The molecule has 1 fully saturated rings. The molecule has 0 saturated heterocycles. The van der Waals surface area contributed by atoms with Crippen LogP contribution in [0.1, 0.15) is 34.8 Å². The molecule has 0 bridgehead atoms. The van der Waals surface area contributed by atoms with E-state index in [9.17, 15) is 9.90 Å². The number of carboxylic acids is 1. The van der Waals surface area contributed by atoms with Gasteiger partial charge in [0.05, 0.1) is 0 Å². The molecular formula is C22H18N2O3. The van der Waals surface area contributed by atoms with Gasteiger partial charge in [0, 0.05) is 34.5 Å². The molecule has 5 heteroatoms. The van der Waals surface area contributed by atoms with Crippen LogP contribution >= 0.6 is 0 Å². The minimum absolute atomic E-state index is 0.0133. The molecule has 27 heavy (non-hydrogen) atoms. The lowest BCUT2D eigenvalue weighted by molar-refractivity contribution is 0.0691. The number of nitrogens with zero attached hydrogens (tertiary/aromatic N) is 1. The van der Waals surface area contributed by atoms with Crippen molar-refractivity contribution in [2.75, 3.05) is 0 Å². The van der Waals surface area contributed by atoms with E-state index in [2.05, 4.69) is 22.1 Å².